The van der Waals surface area contributed by atoms with E-state index in [9.17, 15) is 13.2 Å². The largest absolute Gasteiger partial charge is 0.356 e. The Bertz CT molecular complexity index is 996. The minimum absolute atomic E-state index is 0.0835. The summed E-state index contributed by atoms with van der Waals surface area (Å²) in [5, 5.41) is 3.64. The zero-order chi connectivity index (χ0) is 17.6. The average Bonchev–Trinajstić information content (AvgIpc) is 2.51. The van der Waals surface area contributed by atoms with Gasteiger partial charge >= 0.3 is 0 Å². The summed E-state index contributed by atoms with van der Waals surface area (Å²) in [6.07, 6.45) is 0. The van der Waals surface area contributed by atoms with Crippen LogP contribution in [0.5, 0.6) is 0 Å². The maximum Gasteiger partial charge on any atom is 0.214 e. The smallest absolute Gasteiger partial charge is 0.214 e. The molecule has 1 heterocycles. The van der Waals surface area contributed by atoms with E-state index in [-0.39, 0.29) is 36.8 Å². The molecule has 0 amide bonds. The number of benzene rings is 2. The van der Waals surface area contributed by atoms with Gasteiger partial charge in [-0.1, -0.05) is 34.8 Å². The summed E-state index contributed by atoms with van der Waals surface area (Å²) in [4.78, 5) is 12.3. The molecular weight excluding hydrogens is 393 g/mol. The van der Waals surface area contributed by atoms with Gasteiger partial charge in [-0.15, -0.1) is 0 Å². The fourth-order valence-electron chi connectivity index (χ4n) is 2.45. The second-order valence-electron chi connectivity index (χ2n) is 5.15. The van der Waals surface area contributed by atoms with Crippen molar-refractivity contribution in [1.82, 2.24) is 0 Å². The van der Waals surface area contributed by atoms with E-state index in [1.165, 1.54) is 43.3 Å². The van der Waals surface area contributed by atoms with Crippen LogP contribution in [0.25, 0.3) is 0 Å². The van der Waals surface area contributed by atoms with Gasteiger partial charge in [-0.2, -0.15) is 0 Å². The SMILES string of the molecule is CC1=C(C(=O)c2ccc(Cl)cc2)S(=O)(=O)c2ccc(Cl)c(Cl)c2N1. The van der Waals surface area contributed by atoms with E-state index in [2.05, 4.69) is 5.32 Å². The standard InChI is InChI=1S/C16H10Cl3NO3S/c1-8-16(15(21)9-2-4-10(17)5-3-9)24(22,23)12-7-6-11(18)13(19)14(12)20-8/h2-7,20H,1H3. The number of hydrogen-bond donors (Lipinski definition) is 1. The minimum Gasteiger partial charge on any atom is -0.356 e. The van der Waals surface area contributed by atoms with E-state index in [0.29, 0.717) is 5.02 Å². The molecule has 2 aromatic carbocycles. The summed E-state index contributed by atoms with van der Waals surface area (Å²) < 4.78 is 25.8. The van der Waals surface area contributed by atoms with Gasteiger partial charge in [0.2, 0.25) is 15.6 Å². The zero-order valence-corrected chi connectivity index (χ0v) is 15.3. The molecule has 4 nitrogen and oxygen atoms in total. The fraction of sp³-hybridized carbons (Fsp3) is 0.0625. The third-order valence-electron chi connectivity index (χ3n) is 3.58. The first-order valence-corrected chi connectivity index (χ1v) is 9.36. The Hall–Kier alpha value is -1.53. The van der Waals surface area contributed by atoms with Crippen LogP contribution in [0.3, 0.4) is 0 Å². The second kappa shape index (κ2) is 6.08. The summed E-state index contributed by atoms with van der Waals surface area (Å²) in [7, 11) is -4.04. The lowest BCUT2D eigenvalue weighted by Gasteiger charge is -2.23. The molecule has 1 aliphatic rings. The molecule has 3 rings (SSSR count). The normalized spacial score (nSPS) is 15.7. The lowest BCUT2D eigenvalue weighted by molar-refractivity contribution is 0.104. The van der Waals surface area contributed by atoms with Crippen LogP contribution < -0.4 is 5.32 Å². The van der Waals surface area contributed by atoms with Crippen LogP contribution in [-0.2, 0) is 9.84 Å². The number of allylic oxidation sites excluding steroid dienone is 2. The molecule has 2 aromatic rings. The van der Waals surface area contributed by atoms with Crippen molar-refractivity contribution in [3.05, 3.63) is 67.6 Å². The Morgan fingerprint density at radius 3 is 2.25 bits per heavy atom. The number of nitrogens with one attached hydrogen (secondary N) is 1. The molecule has 0 spiro atoms. The van der Waals surface area contributed by atoms with Gasteiger partial charge in [0, 0.05) is 16.3 Å². The van der Waals surface area contributed by atoms with Gasteiger partial charge in [-0.3, -0.25) is 4.79 Å². The van der Waals surface area contributed by atoms with Crippen molar-refractivity contribution in [2.45, 2.75) is 11.8 Å². The molecule has 0 saturated carbocycles. The van der Waals surface area contributed by atoms with E-state index in [1.807, 2.05) is 0 Å². The van der Waals surface area contributed by atoms with Crippen molar-refractivity contribution in [2.24, 2.45) is 0 Å². The Morgan fingerprint density at radius 2 is 1.62 bits per heavy atom. The van der Waals surface area contributed by atoms with Crippen molar-refractivity contribution < 1.29 is 13.2 Å². The average molecular weight is 403 g/mol. The second-order valence-corrected chi connectivity index (χ2v) is 8.23. The molecule has 8 heteroatoms. The highest BCUT2D eigenvalue weighted by molar-refractivity contribution is 7.96. The molecule has 0 unspecified atom stereocenters. The van der Waals surface area contributed by atoms with Crippen molar-refractivity contribution in [1.29, 1.82) is 0 Å². The van der Waals surface area contributed by atoms with Gasteiger partial charge in [0.25, 0.3) is 0 Å². The van der Waals surface area contributed by atoms with Gasteiger partial charge in [-0.05, 0) is 43.3 Å². The molecule has 1 aliphatic heterocycles. The molecule has 124 valence electrons. The summed E-state index contributed by atoms with van der Waals surface area (Å²) in [5.74, 6) is -0.617. The van der Waals surface area contributed by atoms with Crippen LogP contribution in [0.4, 0.5) is 5.69 Å². The Labute approximate surface area is 153 Å². The number of hydrogen-bond acceptors (Lipinski definition) is 4. The number of anilines is 1. The lowest BCUT2D eigenvalue weighted by atomic mass is 10.1. The maximum atomic E-state index is 12.9. The quantitative estimate of drug-likeness (QED) is 0.721. The molecule has 0 aromatic heterocycles. The summed E-state index contributed by atoms with van der Waals surface area (Å²) in [6.45, 7) is 1.50. The maximum absolute atomic E-state index is 12.9. The first kappa shape index (κ1) is 17.3. The first-order valence-electron chi connectivity index (χ1n) is 6.74. The number of fused-ring (bicyclic) bond motifs is 1. The molecule has 1 N–H and O–H groups in total. The molecule has 0 saturated heterocycles. The van der Waals surface area contributed by atoms with Crippen LogP contribution in [0, 0.1) is 0 Å². The van der Waals surface area contributed by atoms with Gasteiger partial charge in [0.1, 0.15) is 4.91 Å². The van der Waals surface area contributed by atoms with Gasteiger partial charge in [-0.25, -0.2) is 8.42 Å². The minimum atomic E-state index is -4.04. The number of ketones is 1. The highest BCUT2D eigenvalue weighted by Gasteiger charge is 2.36. The number of sulfone groups is 1. The number of halogens is 3. The first-order chi connectivity index (χ1) is 11.2. The Balaban J connectivity index is 2.18. The van der Waals surface area contributed by atoms with Crippen molar-refractivity contribution in [3.63, 3.8) is 0 Å². The third kappa shape index (κ3) is 2.71. The topological polar surface area (TPSA) is 63.2 Å². The molecular formula is C16H10Cl3NO3S. The van der Waals surface area contributed by atoms with Gasteiger partial charge in [0.05, 0.1) is 20.6 Å². The molecule has 0 atom stereocenters. The van der Waals surface area contributed by atoms with E-state index < -0.39 is 15.6 Å². The molecule has 0 fully saturated rings. The predicted molar refractivity (Wildman–Crippen MR) is 95.8 cm³/mol. The van der Waals surface area contributed by atoms with Crippen molar-refractivity contribution in [2.75, 3.05) is 5.32 Å². The summed E-state index contributed by atoms with van der Waals surface area (Å²) in [6, 6.07) is 8.71. The zero-order valence-electron chi connectivity index (χ0n) is 12.2. The fourth-order valence-corrected chi connectivity index (χ4v) is 4.71. The number of carbonyl (C=O) groups is 1. The highest BCUT2D eigenvalue weighted by atomic mass is 35.5. The van der Waals surface area contributed by atoms with E-state index in [4.69, 9.17) is 34.8 Å². The van der Waals surface area contributed by atoms with Crippen LogP contribution in [0.15, 0.2) is 51.9 Å². The van der Waals surface area contributed by atoms with Gasteiger partial charge in [0.15, 0.2) is 0 Å². The molecule has 0 radical (unpaired) electrons. The Morgan fingerprint density at radius 1 is 1.00 bits per heavy atom. The molecule has 0 aliphatic carbocycles. The predicted octanol–water partition coefficient (Wildman–Crippen LogP) is 4.96. The Kier molecular flexibility index (Phi) is 4.38. The van der Waals surface area contributed by atoms with Crippen molar-refractivity contribution in [3.8, 4) is 0 Å². The van der Waals surface area contributed by atoms with Crippen molar-refractivity contribution >= 4 is 56.1 Å². The summed E-state index contributed by atoms with van der Waals surface area (Å²) >= 11 is 17.8. The summed E-state index contributed by atoms with van der Waals surface area (Å²) in [5.41, 5.74) is 0.587. The van der Waals surface area contributed by atoms with E-state index in [0.717, 1.165) is 0 Å². The van der Waals surface area contributed by atoms with Gasteiger partial charge < -0.3 is 5.32 Å². The number of Topliss-reactive ketones (excluding diaryl/α,β-unsaturated/α-hetero) is 1. The van der Waals surface area contributed by atoms with E-state index in [1.54, 1.807) is 0 Å². The number of carbonyl (C=O) groups excluding carboxylic acids is 1. The number of rotatable bonds is 2. The monoisotopic (exact) mass is 401 g/mol. The van der Waals surface area contributed by atoms with Crippen LogP contribution in [0.2, 0.25) is 15.1 Å². The third-order valence-corrected chi connectivity index (χ3v) is 6.59. The highest BCUT2D eigenvalue weighted by Crippen LogP contribution is 2.42. The molecule has 24 heavy (non-hydrogen) atoms. The van der Waals surface area contributed by atoms with Crippen LogP contribution >= 0.6 is 34.8 Å². The van der Waals surface area contributed by atoms with Crippen LogP contribution in [0.1, 0.15) is 17.3 Å². The lowest BCUT2D eigenvalue weighted by Crippen LogP contribution is -2.24. The molecule has 0 bridgehead atoms. The van der Waals surface area contributed by atoms with Crippen LogP contribution in [-0.4, -0.2) is 14.2 Å². The van der Waals surface area contributed by atoms with E-state index >= 15 is 0 Å².